The van der Waals surface area contributed by atoms with Gasteiger partial charge in [-0.1, -0.05) is 24.6 Å². The van der Waals surface area contributed by atoms with Crippen LogP contribution >= 0.6 is 0 Å². The van der Waals surface area contributed by atoms with Crippen molar-refractivity contribution in [2.45, 2.75) is 29.4 Å². The lowest BCUT2D eigenvalue weighted by molar-refractivity contribution is 0.0690. The van der Waals surface area contributed by atoms with Crippen molar-refractivity contribution in [3.63, 3.8) is 0 Å². The number of carbonyl (C=O) groups is 1. The molecular weight excluding hydrogens is 292 g/mol. The van der Waals surface area contributed by atoms with E-state index in [2.05, 4.69) is 10.2 Å². The Morgan fingerprint density at radius 1 is 1.29 bits per heavy atom. The maximum absolute atomic E-state index is 12.6. The molecule has 3 rings (SSSR count). The van der Waals surface area contributed by atoms with Gasteiger partial charge in [0.05, 0.1) is 15.8 Å². The molecule has 0 spiro atoms. The van der Waals surface area contributed by atoms with Gasteiger partial charge >= 0.3 is 5.97 Å². The summed E-state index contributed by atoms with van der Waals surface area (Å²) in [5, 5.41) is 14.9. The molecule has 1 aliphatic carbocycles. The summed E-state index contributed by atoms with van der Waals surface area (Å²) >= 11 is 0. The van der Waals surface area contributed by atoms with Crippen LogP contribution < -0.4 is 0 Å². The fraction of sp³-hybridized carbons (Fsp3) is 0.286. The topological polar surface area (TPSA) is 100 Å². The highest BCUT2D eigenvalue weighted by Crippen LogP contribution is 2.35. The van der Waals surface area contributed by atoms with E-state index >= 15 is 0 Å². The molecule has 1 saturated carbocycles. The highest BCUT2D eigenvalue weighted by Gasteiger charge is 2.34. The number of carboxylic acids is 1. The molecule has 1 aromatic carbocycles. The van der Waals surface area contributed by atoms with E-state index in [1.165, 1.54) is 6.07 Å². The third kappa shape index (κ3) is 2.33. The van der Waals surface area contributed by atoms with Crippen LogP contribution in [0.25, 0.3) is 11.3 Å². The van der Waals surface area contributed by atoms with Gasteiger partial charge in [0, 0.05) is 5.56 Å². The Kier molecular flexibility index (Phi) is 3.29. The second kappa shape index (κ2) is 5.00. The molecule has 0 amide bonds. The minimum atomic E-state index is -3.39. The van der Waals surface area contributed by atoms with E-state index < -0.39 is 15.8 Å². The largest absolute Gasteiger partial charge is 0.477 e. The number of H-pyrrole nitrogens is 1. The summed E-state index contributed by atoms with van der Waals surface area (Å²) in [6, 6.07) is 7.92. The molecular formula is C14H14N2O4S. The van der Waals surface area contributed by atoms with Crippen LogP contribution in [-0.2, 0) is 9.84 Å². The monoisotopic (exact) mass is 306 g/mol. The molecule has 6 nitrogen and oxygen atoms in total. The number of aromatic carboxylic acids is 1. The zero-order valence-electron chi connectivity index (χ0n) is 11.1. The zero-order chi connectivity index (χ0) is 15.0. The number of carboxylic acid groups (broad SMARTS) is 1. The van der Waals surface area contributed by atoms with Crippen molar-refractivity contribution in [3.05, 3.63) is 36.0 Å². The van der Waals surface area contributed by atoms with E-state index in [0.29, 0.717) is 24.1 Å². The van der Waals surface area contributed by atoms with Gasteiger partial charge in [-0.05, 0) is 25.0 Å². The van der Waals surface area contributed by atoms with Crippen LogP contribution in [0.3, 0.4) is 0 Å². The molecule has 0 bridgehead atoms. The first-order valence-corrected chi connectivity index (χ1v) is 8.17. The Bertz CT molecular complexity index is 791. The second-order valence-corrected chi connectivity index (χ2v) is 7.26. The Morgan fingerprint density at radius 2 is 2.00 bits per heavy atom. The van der Waals surface area contributed by atoms with Gasteiger partial charge < -0.3 is 5.11 Å². The van der Waals surface area contributed by atoms with E-state index in [1.807, 2.05) is 0 Å². The van der Waals surface area contributed by atoms with Crippen molar-refractivity contribution >= 4 is 15.8 Å². The molecule has 0 unspecified atom stereocenters. The first kappa shape index (κ1) is 13.8. The SMILES string of the molecule is O=C(O)c1cc(-c2ccccc2S(=O)(=O)C2CCC2)n[nH]1. The predicted molar refractivity (Wildman–Crippen MR) is 75.8 cm³/mol. The zero-order valence-corrected chi connectivity index (χ0v) is 11.9. The summed E-state index contributed by atoms with van der Waals surface area (Å²) in [5.74, 6) is -1.13. The van der Waals surface area contributed by atoms with Gasteiger partial charge in [0.2, 0.25) is 0 Å². The summed E-state index contributed by atoms with van der Waals surface area (Å²) in [5.41, 5.74) is 0.694. The number of nitrogens with one attached hydrogen (secondary N) is 1. The van der Waals surface area contributed by atoms with Crippen LogP contribution in [0.2, 0.25) is 0 Å². The van der Waals surface area contributed by atoms with Gasteiger partial charge in [-0.25, -0.2) is 13.2 Å². The molecule has 0 aliphatic heterocycles. The van der Waals surface area contributed by atoms with Gasteiger partial charge in [-0.3, -0.25) is 5.10 Å². The molecule has 1 heterocycles. The second-order valence-electron chi connectivity index (χ2n) is 5.07. The normalized spacial score (nSPS) is 15.6. The maximum atomic E-state index is 12.6. The highest BCUT2D eigenvalue weighted by atomic mass is 32.2. The van der Waals surface area contributed by atoms with E-state index in [0.717, 1.165) is 6.42 Å². The van der Waals surface area contributed by atoms with Crippen molar-refractivity contribution in [3.8, 4) is 11.3 Å². The number of hydrogen-bond acceptors (Lipinski definition) is 4. The van der Waals surface area contributed by atoms with Crippen molar-refractivity contribution in [2.24, 2.45) is 0 Å². The van der Waals surface area contributed by atoms with E-state index in [9.17, 15) is 13.2 Å². The van der Waals surface area contributed by atoms with E-state index in [1.54, 1.807) is 24.3 Å². The summed E-state index contributed by atoms with van der Waals surface area (Å²) in [6.07, 6.45) is 2.28. The van der Waals surface area contributed by atoms with Gasteiger partial charge in [0.15, 0.2) is 9.84 Å². The number of aromatic nitrogens is 2. The molecule has 0 radical (unpaired) electrons. The van der Waals surface area contributed by atoms with Gasteiger partial charge in [0.1, 0.15) is 5.69 Å². The predicted octanol–water partition coefficient (Wildman–Crippen LogP) is 2.10. The third-order valence-electron chi connectivity index (χ3n) is 3.77. The quantitative estimate of drug-likeness (QED) is 0.901. The minimum Gasteiger partial charge on any atom is -0.477 e. The first-order chi connectivity index (χ1) is 10.00. The highest BCUT2D eigenvalue weighted by molar-refractivity contribution is 7.92. The summed E-state index contributed by atoms with van der Waals surface area (Å²) in [7, 11) is -3.39. The molecule has 2 N–H and O–H groups in total. The van der Waals surface area contributed by atoms with Crippen molar-refractivity contribution in [1.82, 2.24) is 10.2 Å². The van der Waals surface area contributed by atoms with Crippen LogP contribution in [0.5, 0.6) is 0 Å². The van der Waals surface area contributed by atoms with Crippen molar-refractivity contribution in [1.29, 1.82) is 0 Å². The van der Waals surface area contributed by atoms with E-state index in [-0.39, 0.29) is 15.8 Å². The number of hydrogen-bond donors (Lipinski definition) is 2. The number of rotatable bonds is 4. The Labute approximate surface area is 121 Å². The van der Waals surface area contributed by atoms with E-state index in [4.69, 9.17) is 5.11 Å². The van der Waals surface area contributed by atoms with Crippen LogP contribution in [0, 0.1) is 0 Å². The van der Waals surface area contributed by atoms with Crippen molar-refractivity contribution in [2.75, 3.05) is 0 Å². The van der Waals surface area contributed by atoms with Crippen LogP contribution in [-0.4, -0.2) is 34.9 Å². The molecule has 1 aromatic heterocycles. The van der Waals surface area contributed by atoms with Crippen molar-refractivity contribution < 1.29 is 18.3 Å². The average molecular weight is 306 g/mol. The lowest BCUT2D eigenvalue weighted by atomic mass is 10.00. The van der Waals surface area contributed by atoms with Crippen LogP contribution in [0.15, 0.2) is 35.2 Å². The summed E-state index contributed by atoms with van der Waals surface area (Å²) in [4.78, 5) is 11.1. The fourth-order valence-corrected chi connectivity index (χ4v) is 4.42. The lowest BCUT2D eigenvalue weighted by Gasteiger charge is -2.26. The number of aromatic amines is 1. The molecule has 1 fully saturated rings. The first-order valence-electron chi connectivity index (χ1n) is 6.62. The average Bonchev–Trinajstić information content (AvgIpc) is 2.85. The molecule has 7 heteroatoms. The summed E-state index contributed by atoms with van der Waals surface area (Å²) < 4.78 is 25.2. The molecule has 0 atom stereocenters. The standard InChI is InChI=1S/C14H14N2O4S/c17-14(18)12-8-11(15-16-12)10-6-1-2-7-13(10)21(19,20)9-4-3-5-9/h1-2,6-9H,3-5H2,(H,15,16)(H,17,18). The molecule has 21 heavy (non-hydrogen) atoms. The molecule has 1 aliphatic rings. The van der Waals surface area contributed by atoms with Gasteiger partial charge in [-0.15, -0.1) is 0 Å². The van der Waals surface area contributed by atoms with Gasteiger partial charge in [-0.2, -0.15) is 5.10 Å². The molecule has 0 saturated heterocycles. The summed E-state index contributed by atoms with van der Waals surface area (Å²) in [6.45, 7) is 0. The third-order valence-corrected chi connectivity index (χ3v) is 6.09. The van der Waals surface area contributed by atoms with Gasteiger partial charge in [0.25, 0.3) is 0 Å². The Hall–Kier alpha value is -2.15. The number of benzene rings is 1. The molecule has 2 aromatic rings. The smallest absolute Gasteiger partial charge is 0.353 e. The minimum absolute atomic E-state index is 0.0687. The lowest BCUT2D eigenvalue weighted by Crippen LogP contribution is -2.28. The van der Waals surface area contributed by atoms with Crippen LogP contribution in [0.1, 0.15) is 29.8 Å². The Balaban J connectivity index is 2.09. The van der Waals surface area contributed by atoms with Crippen LogP contribution in [0.4, 0.5) is 0 Å². The molecule has 110 valence electrons. The number of nitrogens with zero attached hydrogens (tertiary/aromatic N) is 1. The number of sulfone groups is 1. The fourth-order valence-electron chi connectivity index (χ4n) is 2.36. The Morgan fingerprint density at radius 3 is 2.57 bits per heavy atom. The maximum Gasteiger partial charge on any atom is 0.353 e.